The Balaban J connectivity index is 0.823. The topological polar surface area (TPSA) is 243 Å². The van der Waals surface area contributed by atoms with Crippen LogP contribution >= 0.6 is 0 Å². The van der Waals surface area contributed by atoms with Gasteiger partial charge in [-0.05, 0) is 89.1 Å². The third-order valence-electron chi connectivity index (χ3n) is 14.4. The van der Waals surface area contributed by atoms with Gasteiger partial charge in [0.1, 0.15) is 29.7 Å². The molecule has 0 spiro atoms. The van der Waals surface area contributed by atoms with E-state index >= 15 is 0 Å². The van der Waals surface area contributed by atoms with Gasteiger partial charge in [0.15, 0.2) is 11.6 Å². The minimum atomic E-state index is -2.70. The number of hydrogen-bond donors (Lipinski definition) is 4. The molecule has 2 aliphatic rings. The van der Waals surface area contributed by atoms with Crippen LogP contribution in [0.25, 0.3) is 0 Å². The number of carbonyl (C=O) groups excluding carboxylic acids is 2. The van der Waals surface area contributed by atoms with Crippen molar-refractivity contribution in [1.29, 1.82) is 10.8 Å². The smallest absolute Gasteiger partial charge is 0.313 e. The van der Waals surface area contributed by atoms with Crippen LogP contribution in [0.3, 0.4) is 0 Å². The minimum Gasteiger partial charge on any atom is -0.491 e. The summed E-state index contributed by atoms with van der Waals surface area (Å²) in [5.41, 5.74) is 2.11. The van der Waals surface area contributed by atoms with Crippen molar-refractivity contribution in [3.8, 4) is 11.5 Å². The number of ether oxygens (including phenoxy) is 10. The lowest BCUT2D eigenvalue weighted by Gasteiger charge is -2.36. The number of hydrogen-bond acceptors (Lipinski definition) is 18. The normalized spacial score (nSPS) is 17.2. The van der Waals surface area contributed by atoms with Crippen molar-refractivity contribution in [2.24, 2.45) is 21.9 Å². The number of aliphatic imine (C=N–C) groups is 1. The Labute approximate surface area is 501 Å². The highest BCUT2D eigenvalue weighted by molar-refractivity contribution is 6.31. The zero-order chi connectivity index (χ0) is 61.9. The molecular weight excluding hydrogens is 1130 g/mol. The van der Waals surface area contributed by atoms with E-state index in [-0.39, 0.29) is 94.2 Å². The monoisotopic (exact) mass is 1220 g/mol. The lowest BCUT2D eigenvalue weighted by Crippen LogP contribution is -2.46. The van der Waals surface area contributed by atoms with E-state index in [2.05, 4.69) is 38.9 Å². The van der Waals surface area contributed by atoms with Gasteiger partial charge in [-0.25, -0.2) is 22.0 Å². The first-order valence-electron chi connectivity index (χ1n) is 29.4. The summed E-state index contributed by atoms with van der Waals surface area (Å²) in [5, 5.41) is 24.8. The van der Waals surface area contributed by atoms with Crippen molar-refractivity contribution in [1.82, 2.24) is 15.1 Å². The van der Waals surface area contributed by atoms with Gasteiger partial charge in [0.2, 0.25) is 17.6 Å². The second kappa shape index (κ2) is 39.7. The molecule has 3 aromatic carbocycles. The average Bonchev–Trinajstić information content (AvgIpc) is 3.38. The zero-order valence-electron chi connectivity index (χ0n) is 49.8. The maximum atomic E-state index is 13.9. The van der Waals surface area contributed by atoms with Crippen LogP contribution < -0.4 is 20.6 Å². The van der Waals surface area contributed by atoms with Crippen molar-refractivity contribution in [3.63, 3.8) is 0 Å². The van der Waals surface area contributed by atoms with Crippen LogP contribution in [0.1, 0.15) is 95.7 Å². The van der Waals surface area contributed by atoms with Crippen LogP contribution in [0.4, 0.5) is 22.0 Å². The van der Waals surface area contributed by atoms with Crippen LogP contribution in [-0.4, -0.2) is 195 Å². The van der Waals surface area contributed by atoms with Gasteiger partial charge in [-0.3, -0.25) is 30.3 Å². The summed E-state index contributed by atoms with van der Waals surface area (Å²) in [7, 11) is 0. The molecule has 1 saturated carbocycles. The van der Waals surface area contributed by atoms with E-state index in [4.69, 9.17) is 53.9 Å². The highest BCUT2D eigenvalue weighted by Gasteiger charge is 2.39. The van der Waals surface area contributed by atoms with E-state index in [1.807, 2.05) is 54.6 Å². The van der Waals surface area contributed by atoms with Crippen LogP contribution in [-0.2, 0) is 47.5 Å². The quantitative estimate of drug-likeness (QED) is 0.00609. The Bertz CT molecular complexity index is 2510. The third kappa shape index (κ3) is 26.5. The van der Waals surface area contributed by atoms with Gasteiger partial charge in [-0.15, -0.1) is 0 Å². The highest BCUT2D eigenvalue weighted by Crippen LogP contribution is 2.37. The second-order valence-electron chi connectivity index (χ2n) is 20.9. The van der Waals surface area contributed by atoms with E-state index in [0.29, 0.717) is 134 Å². The molecule has 0 radical (unpaired) electrons. The molecular formula is C61H87F5N8O12. The number of alkyl halides is 2. The second-order valence-corrected chi connectivity index (χ2v) is 20.9. The minimum absolute atomic E-state index is 0.0605. The van der Waals surface area contributed by atoms with Gasteiger partial charge >= 0.3 is 5.97 Å². The van der Waals surface area contributed by atoms with Crippen LogP contribution in [0.5, 0.6) is 11.5 Å². The summed E-state index contributed by atoms with van der Waals surface area (Å²) >= 11 is 0. The fraction of sp³-hybridized carbons (Fsp3) is 0.607. The molecule has 4 atom stereocenters. The standard InChI is InChI=1S/C61H87F5N8O12/c1-44-9-12-52(73(44)22-17-56(47-7-5-4-6-8-47)71-60(76)49-15-19-61(65,66)20-16-49)39-45(2)74(46(3)67)59(68)48-10-13-53(14-11-48)85-38-37-83-34-33-81-31-32-82-35-36-84-43-51(72-69)42-70-21-24-78-26-28-80-30-29-79-27-25-77-23-18-57(75)86-58-54(63)40-50(62)41-55(58)64/h4-8,10-11,13-14,40-42,44-45,49,52,56,67-68H,9,12,15-39,43,69H2,1-3H3,(H,71,76)/b67-46?,68-59?,70-42?,72-51+. The summed E-state index contributed by atoms with van der Waals surface area (Å²) < 4.78 is 122. The summed E-state index contributed by atoms with van der Waals surface area (Å²) in [6, 6.07) is 18.1. The molecule has 86 heavy (non-hydrogen) atoms. The number of nitrogens with two attached hydrogens (primary N) is 1. The number of benzene rings is 3. The first-order valence-corrected chi connectivity index (χ1v) is 29.4. The molecule has 20 nitrogen and oxygen atoms in total. The van der Waals surface area contributed by atoms with Crippen LogP contribution in [0, 0.1) is 34.2 Å². The first-order chi connectivity index (χ1) is 41.5. The Morgan fingerprint density at radius 2 is 1.30 bits per heavy atom. The number of amidine groups is 2. The van der Waals surface area contributed by atoms with Gasteiger partial charge in [0.25, 0.3) is 0 Å². The van der Waals surface area contributed by atoms with Crippen molar-refractivity contribution in [3.05, 3.63) is 95.3 Å². The Kier molecular flexibility index (Phi) is 32.6. The molecule has 1 aliphatic carbocycles. The number of halogens is 5. The fourth-order valence-electron chi connectivity index (χ4n) is 9.88. The molecule has 5 rings (SSSR count). The number of likely N-dealkylation sites (tertiary alicyclic amines) is 1. The molecule has 1 heterocycles. The lowest BCUT2D eigenvalue weighted by molar-refractivity contribution is -0.136. The number of nitrogens with zero attached hydrogens (tertiary/aromatic N) is 4. The molecule has 1 aliphatic heterocycles. The SMILES string of the molecule is CC(=N)N(C(=N)c1ccc(OCCOCCOCCOCCOC/C(C=NCCOCCOCCOCCOCCC(=O)Oc2c(F)cc(F)cc2F)=N/N)cc1)C(C)CC1CCC(C)N1CCC(NC(=O)C1CCC(F)(F)CC1)c1ccccc1. The maximum absolute atomic E-state index is 13.9. The van der Waals surface area contributed by atoms with Crippen LogP contribution in [0.15, 0.2) is 76.8 Å². The van der Waals surface area contributed by atoms with Gasteiger partial charge in [0.05, 0.1) is 131 Å². The summed E-state index contributed by atoms with van der Waals surface area (Å²) in [4.78, 5) is 33.7. The predicted molar refractivity (Wildman–Crippen MR) is 314 cm³/mol. The Morgan fingerprint density at radius 3 is 1.87 bits per heavy atom. The van der Waals surface area contributed by atoms with Gasteiger partial charge in [0, 0.05) is 67.3 Å². The summed E-state index contributed by atoms with van der Waals surface area (Å²) in [6.07, 6.45) is 4.52. The van der Waals surface area contributed by atoms with Crippen molar-refractivity contribution in [2.45, 2.75) is 109 Å². The number of hydrazone groups is 1. The molecule has 2 fully saturated rings. The molecule has 478 valence electrons. The van der Waals surface area contributed by atoms with E-state index in [0.717, 1.165) is 31.4 Å². The molecule has 1 amide bonds. The number of esters is 1. The Morgan fingerprint density at radius 1 is 0.756 bits per heavy atom. The number of nitrogens with one attached hydrogen (secondary N) is 3. The van der Waals surface area contributed by atoms with Crippen LogP contribution in [0.2, 0.25) is 0 Å². The largest absolute Gasteiger partial charge is 0.491 e. The fourth-order valence-corrected chi connectivity index (χ4v) is 9.88. The van der Waals surface area contributed by atoms with E-state index in [1.54, 1.807) is 11.8 Å². The van der Waals surface area contributed by atoms with E-state index in [9.17, 15) is 37.0 Å². The van der Waals surface area contributed by atoms with Gasteiger partial charge in [-0.1, -0.05) is 30.3 Å². The van der Waals surface area contributed by atoms with E-state index < -0.39 is 41.0 Å². The van der Waals surface area contributed by atoms with Crippen molar-refractivity contribution in [2.75, 3.05) is 125 Å². The molecule has 0 aromatic heterocycles. The third-order valence-corrected chi connectivity index (χ3v) is 14.4. The summed E-state index contributed by atoms with van der Waals surface area (Å²) in [5.74, 6) is -2.29. The lowest BCUT2D eigenvalue weighted by atomic mass is 9.86. The molecule has 1 saturated heterocycles. The highest BCUT2D eigenvalue weighted by atomic mass is 19.3. The maximum Gasteiger partial charge on any atom is 0.313 e. The van der Waals surface area contributed by atoms with Crippen molar-refractivity contribution >= 4 is 35.5 Å². The van der Waals surface area contributed by atoms with Gasteiger partial charge < -0.3 is 63.4 Å². The Hall–Kier alpha value is -6.03. The molecule has 4 unspecified atom stereocenters. The predicted octanol–water partition coefficient (Wildman–Crippen LogP) is 8.33. The summed E-state index contributed by atoms with van der Waals surface area (Å²) in [6.45, 7) is 12.2. The zero-order valence-corrected chi connectivity index (χ0v) is 49.8. The number of amides is 1. The number of carbonyl (C=O) groups is 2. The average molecular weight is 1220 g/mol. The van der Waals surface area contributed by atoms with Gasteiger partial charge in [-0.2, -0.15) is 5.10 Å². The van der Waals surface area contributed by atoms with Crippen molar-refractivity contribution < 1.29 is 78.9 Å². The van der Waals surface area contributed by atoms with E-state index in [1.165, 1.54) is 6.21 Å². The molecule has 0 bridgehead atoms. The molecule has 3 aromatic rings. The molecule has 25 heteroatoms. The number of rotatable bonds is 42. The first kappa shape index (κ1) is 70.7. The molecule has 5 N–H and O–H groups in total.